The Labute approximate surface area is 196 Å². The number of rotatable bonds is 6. The summed E-state index contributed by atoms with van der Waals surface area (Å²) in [6.07, 6.45) is 4.54. The van der Waals surface area contributed by atoms with Crippen molar-refractivity contribution in [1.82, 2.24) is 15.5 Å². The average Bonchev–Trinajstić information content (AvgIpc) is 3.38. The van der Waals surface area contributed by atoms with Gasteiger partial charge in [-0.25, -0.2) is 0 Å². The maximum Gasteiger partial charge on any atom is 0.246 e. The van der Waals surface area contributed by atoms with Gasteiger partial charge in [-0.15, -0.1) is 0 Å². The first-order valence-electron chi connectivity index (χ1n) is 12.2. The minimum atomic E-state index is -0.994. The number of fused-ring (bicyclic) bond motifs is 1. The molecule has 0 saturated carbocycles. The number of nitrogens with zero attached hydrogens (tertiary/aromatic N) is 1. The highest BCUT2D eigenvalue weighted by Gasteiger charge is 2.50. The van der Waals surface area contributed by atoms with Crippen LogP contribution in [0.3, 0.4) is 0 Å². The Morgan fingerprint density at radius 3 is 2.58 bits per heavy atom. The van der Waals surface area contributed by atoms with Crippen LogP contribution < -0.4 is 10.6 Å². The Balaban J connectivity index is 1.76. The van der Waals surface area contributed by atoms with Gasteiger partial charge in [-0.2, -0.15) is 0 Å². The van der Waals surface area contributed by atoms with Crippen LogP contribution in [0.4, 0.5) is 0 Å². The van der Waals surface area contributed by atoms with Crippen molar-refractivity contribution < 1.29 is 28.7 Å². The summed E-state index contributed by atoms with van der Waals surface area (Å²) in [5.41, 5.74) is -1.85. The van der Waals surface area contributed by atoms with E-state index in [4.69, 9.17) is 9.47 Å². The predicted octanol–water partition coefficient (Wildman–Crippen LogP) is 1.33. The van der Waals surface area contributed by atoms with E-state index in [9.17, 15) is 19.2 Å². The molecule has 0 unspecified atom stereocenters. The Kier molecular flexibility index (Phi) is 8.16. The van der Waals surface area contributed by atoms with Crippen molar-refractivity contribution in [2.24, 2.45) is 5.92 Å². The second-order valence-corrected chi connectivity index (χ2v) is 10.4. The van der Waals surface area contributed by atoms with Gasteiger partial charge in [0.25, 0.3) is 0 Å². The molecule has 0 aliphatic carbocycles. The quantitative estimate of drug-likeness (QED) is 0.572. The van der Waals surface area contributed by atoms with Crippen molar-refractivity contribution in [2.75, 3.05) is 26.4 Å². The Morgan fingerprint density at radius 1 is 1.18 bits per heavy atom. The minimum absolute atomic E-state index is 0.0119. The number of ketones is 1. The summed E-state index contributed by atoms with van der Waals surface area (Å²) in [5, 5.41) is 5.67. The summed E-state index contributed by atoms with van der Waals surface area (Å²) >= 11 is 0. The third-order valence-corrected chi connectivity index (χ3v) is 6.96. The molecule has 0 aromatic carbocycles. The zero-order chi connectivity index (χ0) is 24.2. The van der Waals surface area contributed by atoms with E-state index in [1.165, 1.54) is 0 Å². The van der Waals surface area contributed by atoms with E-state index in [1.807, 2.05) is 13.8 Å². The molecular weight excluding hydrogens is 426 g/mol. The number of carbonyl (C=O) groups is 4. The normalized spacial score (nSPS) is 32.2. The van der Waals surface area contributed by atoms with Crippen molar-refractivity contribution in [3.63, 3.8) is 0 Å². The Hall–Kier alpha value is -2.00. The monoisotopic (exact) mass is 465 g/mol. The lowest BCUT2D eigenvalue weighted by atomic mass is 9.93. The largest absolute Gasteiger partial charge is 0.379 e. The van der Waals surface area contributed by atoms with Gasteiger partial charge in [0, 0.05) is 19.6 Å². The van der Waals surface area contributed by atoms with Gasteiger partial charge in [0.05, 0.1) is 19.3 Å². The molecule has 0 aromatic heterocycles. The zero-order valence-corrected chi connectivity index (χ0v) is 20.4. The molecule has 2 N–H and O–H groups in total. The van der Waals surface area contributed by atoms with Crippen LogP contribution in [-0.4, -0.2) is 78.0 Å². The van der Waals surface area contributed by atoms with E-state index in [2.05, 4.69) is 10.6 Å². The average molecular weight is 466 g/mol. The number of carbonyl (C=O) groups excluding carboxylic acids is 4. The Morgan fingerprint density at radius 2 is 1.91 bits per heavy atom. The van der Waals surface area contributed by atoms with Crippen LogP contribution >= 0.6 is 0 Å². The number of epoxide rings is 1. The second-order valence-electron chi connectivity index (χ2n) is 10.4. The van der Waals surface area contributed by atoms with Gasteiger partial charge >= 0.3 is 0 Å². The standard InChI is InChI=1S/C24H39N3O6/c1-16(2)13-17(20(29)24(4)15-33-24)25-21(30)18-14-32-12-7-5-6-9-19(28)27-11-8-10-23(27,3)22(31)26-18/h16-18H,5-15H2,1-4H3,(H,25,30)(H,26,31)/t17-,18-,23-,24+/m0/s1. The molecule has 9 heteroatoms. The van der Waals surface area contributed by atoms with Gasteiger partial charge in [-0.05, 0) is 51.9 Å². The number of ether oxygens (including phenoxy) is 2. The van der Waals surface area contributed by atoms with Crippen molar-refractivity contribution in [3.8, 4) is 0 Å². The van der Waals surface area contributed by atoms with Crippen molar-refractivity contribution in [1.29, 1.82) is 0 Å². The van der Waals surface area contributed by atoms with E-state index in [0.717, 1.165) is 25.7 Å². The molecule has 9 nitrogen and oxygen atoms in total. The van der Waals surface area contributed by atoms with Gasteiger partial charge in [0.15, 0.2) is 5.78 Å². The number of amides is 3. The summed E-state index contributed by atoms with van der Waals surface area (Å²) in [6, 6.07) is -1.66. The minimum Gasteiger partial charge on any atom is -0.379 e. The fraction of sp³-hybridized carbons (Fsp3) is 0.833. The van der Waals surface area contributed by atoms with Crippen LogP contribution in [0.1, 0.15) is 72.6 Å². The lowest BCUT2D eigenvalue weighted by Crippen LogP contribution is -2.61. The summed E-state index contributed by atoms with van der Waals surface area (Å²) in [7, 11) is 0. The second kappa shape index (κ2) is 10.5. The predicted molar refractivity (Wildman–Crippen MR) is 121 cm³/mol. The van der Waals surface area contributed by atoms with Crippen molar-refractivity contribution >= 4 is 23.5 Å². The number of Topliss-reactive ketones (excluding diaryl/α,β-unsaturated/α-hetero) is 1. The van der Waals surface area contributed by atoms with Gasteiger partial charge in [0.1, 0.15) is 17.2 Å². The lowest BCUT2D eigenvalue weighted by molar-refractivity contribution is -0.145. The molecule has 4 atom stereocenters. The SMILES string of the molecule is CC(C)C[C@H](NC(=O)[C@@H]1COCCCCCC(=O)N2CCC[C@@]2(C)C(=O)N1)C(=O)[C@@]1(C)CO1. The Bertz CT molecular complexity index is 765. The van der Waals surface area contributed by atoms with Gasteiger partial charge in [-0.3, -0.25) is 19.2 Å². The van der Waals surface area contributed by atoms with E-state index < -0.39 is 29.1 Å². The van der Waals surface area contributed by atoms with Crippen LogP contribution in [0.15, 0.2) is 0 Å². The van der Waals surface area contributed by atoms with Crippen LogP contribution in [0.2, 0.25) is 0 Å². The van der Waals surface area contributed by atoms with Gasteiger partial charge in [0.2, 0.25) is 17.7 Å². The van der Waals surface area contributed by atoms with Crippen molar-refractivity contribution in [3.05, 3.63) is 0 Å². The first-order chi connectivity index (χ1) is 15.6. The highest BCUT2D eigenvalue weighted by Crippen LogP contribution is 2.31. The maximum absolute atomic E-state index is 13.3. The van der Waals surface area contributed by atoms with Crippen molar-refractivity contribution in [2.45, 2.75) is 95.9 Å². The molecule has 33 heavy (non-hydrogen) atoms. The molecule has 3 saturated heterocycles. The summed E-state index contributed by atoms with van der Waals surface area (Å²) in [4.78, 5) is 53.9. The molecule has 0 spiro atoms. The van der Waals surface area contributed by atoms with Crippen LogP contribution in [0.25, 0.3) is 0 Å². The third-order valence-electron chi connectivity index (χ3n) is 6.96. The molecule has 3 fully saturated rings. The highest BCUT2D eigenvalue weighted by atomic mass is 16.6. The summed E-state index contributed by atoms with van der Waals surface area (Å²) < 4.78 is 11.0. The summed E-state index contributed by atoms with van der Waals surface area (Å²) in [6.45, 7) is 8.80. The number of hydrogen-bond acceptors (Lipinski definition) is 6. The molecule has 3 rings (SSSR count). The molecule has 0 aromatic rings. The fourth-order valence-corrected chi connectivity index (χ4v) is 4.68. The topological polar surface area (TPSA) is 117 Å². The van der Waals surface area contributed by atoms with Gasteiger partial charge in [-0.1, -0.05) is 20.3 Å². The molecule has 0 bridgehead atoms. The van der Waals surface area contributed by atoms with Crippen LogP contribution in [-0.2, 0) is 28.7 Å². The molecular formula is C24H39N3O6. The number of nitrogens with one attached hydrogen (secondary N) is 2. The van der Waals surface area contributed by atoms with E-state index in [-0.39, 0.29) is 30.1 Å². The maximum atomic E-state index is 13.3. The van der Waals surface area contributed by atoms with E-state index >= 15 is 0 Å². The number of hydrogen-bond donors (Lipinski definition) is 2. The molecule has 3 aliphatic rings. The first kappa shape index (κ1) is 25.6. The van der Waals surface area contributed by atoms with Gasteiger partial charge < -0.3 is 25.0 Å². The van der Waals surface area contributed by atoms with Crippen LogP contribution in [0, 0.1) is 5.92 Å². The fourth-order valence-electron chi connectivity index (χ4n) is 4.68. The van der Waals surface area contributed by atoms with E-state index in [0.29, 0.717) is 39.0 Å². The molecule has 3 aliphatic heterocycles. The molecule has 0 radical (unpaired) electrons. The van der Waals surface area contributed by atoms with Crippen LogP contribution in [0.5, 0.6) is 0 Å². The third kappa shape index (κ3) is 6.12. The lowest BCUT2D eigenvalue weighted by Gasteiger charge is -2.35. The first-order valence-corrected chi connectivity index (χ1v) is 12.2. The van der Waals surface area contributed by atoms with E-state index in [1.54, 1.807) is 18.7 Å². The molecule has 3 amide bonds. The molecule has 186 valence electrons. The molecule has 3 heterocycles. The summed E-state index contributed by atoms with van der Waals surface area (Å²) in [5.74, 6) is -0.807. The zero-order valence-electron chi connectivity index (χ0n) is 20.4. The smallest absolute Gasteiger partial charge is 0.246 e. The highest BCUT2D eigenvalue weighted by molar-refractivity contribution is 5.99.